The molecule has 1 saturated heterocycles. The molecule has 2 atom stereocenters. The number of nitrogens with one attached hydrogen (secondary N) is 2. The molecule has 1 aliphatic heterocycles. The van der Waals surface area contributed by atoms with Crippen molar-refractivity contribution in [3.63, 3.8) is 0 Å². The van der Waals surface area contributed by atoms with E-state index in [9.17, 15) is 0 Å². The standard InChI is InChI=1S/C11H22N2O/c1-11(2)4-3-10(11)13-7-9-8-14-6-5-12-9/h9-10,12-13H,3-8H2,1-2H3. The van der Waals surface area contributed by atoms with Crippen molar-refractivity contribution in [1.82, 2.24) is 10.6 Å². The van der Waals surface area contributed by atoms with Crippen LogP contribution in [0.15, 0.2) is 0 Å². The molecule has 82 valence electrons. The van der Waals surface area contributed by atoms with Crippen LogP contribution in [-0.4, -0.2) is 38.4 Å². The Morgan fingerprint density at radius 2 is 2.36 bits per heavy atom. The molecule has 3 heteroatoms. The van der Waals surface area contributed by atoms with Crippen molar-refractivity contribution < 1.29 is 4.74 Å². The summed E-state index contributed by atoms with van der Waals surface area (Å²) in [5.41, 5.74) is 0.509. The van der Waals surface area contributed by atoms with E-state index in [1.165, 1.54) is 12.8 Å². The monoisotopic (exact) mass is 198 g/mol. The van der Waals surface area contributed by atoms with Gasteiger partial charge in [0.2, 0.25) is 0 Å². The van der Waals surface area contributed by atoms with Crippen molar-refractivity contribution in [3.8, 4) is 0 Å². The highest BCUT2D eigenvalue weighted by Crippen LogP contribution is 2.39. The Kier molecular flexibility index (Phi) is 3.10. The molecule has 0 aromatic carbocycles. The van der Waals surface area contributed by atoms with Gasteiger partial charge in [0.05, 0.1) is 13.2 Å². The average Bonchev–Trinajstić information content (AvgIpc) is 2.18. The van der Waals surface area contributed by atoms with Crippen molar-refractivity contribution in [1.29, 1.82) is 0 Å². The van der Waals surface area contributed by atoms with Gasteiger partial charge >= 0.3 is 0 Å². The Labute approximate surface area is 86.6 Å². The number of morpholine rings is 1. The van der Waals surface area contributed by atoms with Gasteiger partial charge in [-0.25, -0.2) is 0 Å². The molecule has 3 nitrogen and oxygen atoms in total. The molecule has 1 aliphatic carbocycles. The maximum atomic E-state index is 5.42. The first-order valence-electron chi connectivity index (χ1n) is 5.73. The summed E-state index contributed by atoms with van der Waals surface area (Å²) in [5, 5.41) is 7.10. The minimum absolute atomic E-state index is 0.509. The van der Waals surface area contributed by atoms with Crippen molar-refractivity contribution in [2.24, 2.45) is 5.41 Å². The second-order valence-electron chi connectivity index (χ2n) is 5.21. The van der Waals surface area contributed by atoms with E-state index in [4.69, 9.17) is 4.74 Å². The third kappa shape index (κ3) is 2.27. The highest BCUT2D eigenvalue weighted by molar-refractivity contribution is 4.94. The predicted octanol–water partition coefficient (Wildman–Crippen LogP) is 0.753. The summed E-state index contributed by atoms with van der Waals surface area (Å²) in [6, 6.07) is 1.23. The normalized spacial score (nSPS) is 36.4. The van der Waals surface area contributed by atoms with E-state index < -0.39 is 0 Å². The molecule has 0 aromatic heterocycles. The van der Waals surface area contributed by atoms with E-state index in [1.807, 2.05) is 0 Å². The largest absolute Gasteiger partial charge is 0.378 e. The molecule has 2 aliphatic rings. The van der Waals surface area contributed by atoms with Gasteiger partial charge in [-0.3, -0.25) is 0 Å². The molecule has 2 rings (SSSR count). The maximum absolute atomic E-state index is 5.42. The summed E-state index contributed by atoms with van der Waals surface area (Å²) in [7, 11) is 0. The third-order valence-electron chi connectivity index (χ3n) is 3.63. The summed E-state index contributed by atoms with van der Waals surface area (Å²) in [6.45, 7) is 8.47. The number of rotatable bonds is 3. The first-order chi connectivity index (χ1) is 6.68. The lowest BCUT2D eigenvalue weighted by atomic mass is 9.67. The maximum Gasteiger partial charge on any atom is 0.0632 e. The van der Waals surface area contributed by atoms with Crippen LogP contribution in [0, 0.1) is 5.41 Å². The molecule has 0 radical (unpaired) electrons. The molecule has 0 spiro atoms. The molecule has 0 bridgehead atoms. The molecular formula is C11H22N2O. The van der Waals surface area contributed by atoms with Gasteiger partial charge in [-0.2, -0.15) is 0 Å². The molecule has 1 heterocycles. The van der Waals surface area contributed by atoms with Crippen molar-refractivity contribution in [3.05, 3.63) is 0 Å². The topological polar surface area (TPSA) is 33.3 Å². The van der Waals surface area contributed by atoms with Crippen molar-refractivity contribution >= 4 is 0 Å². The van der Waals surface area contributed by atoms with Crippen molar-refractivity contribution in [2.45, 2.75) is 38.8 Å². The molecule has 0 amide bonds. The van der Waals surface area contributed by atoms with Crippen LogP contribution in [0.5, 0.6) is 0 Å². The lowest BCUT2D eigenvalue weighted by Gasteiger charge is -2.45. The van der Waals surface area contributed by atoms with Crippen LogP contribution in [0.25, 0.3) is 0 Å². The molecule has 2 fully saturated rings. The number of ether oxygens (including phenoxy) is 1. The van der Waals surface area contributed by atoms with Crippen LogP contribution < -0.4 is 10.6 Å². The minimum Gasteiger partial charge on any atom is -0.378 e. The van der Waals surface area contributed by atoms with Crippen LogP contribution >= 0.6 is 0 Å². The zero-order valence-electron chi connectivity index (χ0n) is 9.31. The minimum atomic E-state index is 0.509. The van der Waals surface area contributed by atoms with E-state index in [-0.39, 0.29) is 0 Å². The Morgan fingerprint density at radius 3 is 2.86 bits per heavy atom. The lowest BCUT2D eigenvalue weighted by molar-refractivity contribution is 0.0627. The second-order valence-corrected chi connectivity index (χ2v) is 5.21. The zero-order chi connectivity index (χ0) is 10.0. The van der Waals surface area contributed by atoms with Gasteiger partial charge in [0.25, 0.3) is 0 Å². The Morgan fingerprint density at radius 1 is 1.50 bits per heavy atom. The lowest BCUT2D eigenvalue weighted by Crippen LogP contribution is -2.55. The summed E-state index contributed by atoms with van der Waals surface area (Å²) in [6.07, 6.45) is 2.69. The molecule has 14 heavy (non-hydrogen) atoms. The smallest absolute Gasteiger partial charge is 0.0632 e. The van der Waals surface area contributed by atoms with Gasteiger partial charge in [-0.05, 0) is 18.3 Å². The van der Waals surface area contributed by atoms with Crippen LogP contribution in [0.2, 0.25) is 0 Å². The van der Waals surface area contributed by atoms with Gasteiger partial charge in [-0.1, -0.05) is 13.8 Å². The summed E-state index contributed by atoms with van der Waals surface area (Å²) in [4.78, 5) is 0. The molecule has 2 N–H and O–H groups in total. The summed E-state index contributed by atoms with van der Waals surface area (Å²) >= 11 is 0. The summed E-state index contributed by atoms with van der Waals surface area (Å²) in [5.74, 6) is 0. The van der Waals surface area contributed by atoms with E-state index in [1.54, 1.807) is 0 Å². The number of hydrogen-bond donors (Lipinski definition) is 2. The van der Waals surface area contributed by atoms with Crippen LogP contribution in [0.3, 0.4) is 0 Å². The number of hydrogen-bond acceptors (Lipinski definition) is 3. The van der Waals surface area contributed by atoms with Gasteiger partial charge in [0.1, 0.15) is 0 Å². The zero-order valence-corrected chi connectivity index (χ0v) is 9.31. The van der Waals surface area contributed by atoms with Gasteiger partial charge in [0.15, 0.2) is 0 Å². The Balaban J connectivity index is 1.66. The first-order valence-corrected chi connectivity index (χ1v) is 5.73. The fourth-order valence-corrected chi connectivity index (χ4v) is 2.28. The fraction of sp³-hybridized carbons (Fsp3) is 1.00. The highest BCUT2D eigenvalue weighted by Gasteiger charge is 2.38. The molecular weight excluding hydrogens is 176 g/mol. The Hall–Kier alpha value is -0.120. The summed E-state index contributed by atoms with van der Waals surface area (Å²) < 4.78 is 5.42. The first kappa shape index (κ1) is 10.4. The van der Waals surface area contributed by atoms with E-state index in [0.717, 1.165) is 26.3 Å². The Bertz CT molecular complexity index is 188. The predicted molar refractivity (Wildman–Crippen MR) is 57.4 cm³/mol. The second kappa shape index (κ2) is 4.17. The van der Waals surface area contributed by atoms with Gasteiger partial charge < -0.3 is 15.4 Å². The highest BCUT2D eigenvalue weighted by atomic mass is 16.5. The average molecular weight is 198 g/mol. The van der Waals surface area contributed by atoms with Crippen molar-refractivity contribution in [2.75, 3.05) is 26.3 Å². The quantitative estimate of drug-likeness (QED) is 0.702. The van der Waals surface area contributed by atoms with E-state index >= 15 is 0 Å². The van der Waals surface area contributed by atoms with Gasteiger partial charge in [0, 0.05) is 25.2 Å². The van der Waals surface area contributed by atoms with Crippen LogP contribution in [0.1, 0.15) is 26.7 Å². The van der Waals surface area contributed by atoms with E-state index in [2.05, 4.69) is 24.5 Å². The molecule has 0 aromatic rings. The molecule has 2 unspecified atom stereocenters. The SMILES string of the molecule is CC1(C)CCC1NCC1COCCN1. The van der Waals surface area contributed by atoms with Crippen LogP contribution in [0.4, 0.5) is 0 Å². The van der Waals surface area contributed by atoms with E-state index in [0.29, 0.717) is 17.5 Å². The fourth-order valence-electron chi connectivity index (χ4n) is 2.28. The van der Waals surface area contributed by atoms with Crippen LogP contribution in [-0.2, 0) is 4.74 Å². The molecule has 1 saturated carbocycles. The third-order valence-corrected chi connectivity index (χ3v) is 3.63. The van der Waals surface area contributed by atoms with Gasteiger partial charge in [-0.15, -0.1) is 0 Å².